The van der Waals surface area contributed by atoms with E-state index in [0.717, 1.165) is 19.5 Å². The average Bonchev–Trinajstić information content (AvgIpc) is 2.60. The number of para-hydroxylation sites is 2. The molecule has 0 aliphatic carbocycles. The molecule has 2 aliphatic heterocycles. The Kier molecular flexibility index (Phi) is 3.83. The van der Waals surface area contributed by atoms with Gasteiger partial charge in [-0.15, -0.1) is 0 Å². The Hall–Kier alpha value is -1.84. The van der Waals surface area contributed by atoms with E-state index >= 15 is 0 Å². The van der Waals surface area contributed by atoms with Crippen LogP contribution in [0.5, 0.6) is 0 Å². The topological polar surface area (TPSA) is 26.7 Å². The second-order valence-corrected chi connectivity index (χ2v) is 6.59. The summed E-state index contributed by atoms with van der Waals surface area (Å²) in [4.78, 5) is 4.93. The highest BCUT2D eigenvalue weighted by Gasteiger charge is 2.51. The summed E-state index contributed by atoms with van der Waals surface area (Å²) in [6.45, 7) is 4.54. The van der Waals surface area contributed by atoms with Crippen LogP contribution < -0.4 is 4.90 Å². The average molecular weight is 308 g/mol. The standard InChI is InChI=1S/C20H24N2O/c1-2-12-21-18-13-22(15-8-4-3-5-9-15)17-11-7-6-10-16(17)20(18)19(21)14-23/h3-11,18-20,23H,2,12-14H2,1H3/t18-,19+,20+/m0/s1. The van der Waals surface area contributed by atoms with Crippen molar-refractivity contribution in [2.75, 3.05) is 24.6 Å². The summed E-state index contributed by atoms with van der Waals surface area (Å²) < 4.78 is 0. The smallest absolute Gasteiger partial charge is 0.0593 e. The maximum Gasteiger partial charge on any atom is 0.0593 e. The van der Waals surface area contributed by atoms with Crippen molar-refractivity contribution in [2.24, 2.45) is 0 Å². The molecule has 0 unspecified atom stereocenters. The van der Waals surface area contributed by atoms with Crippen LogP contribution in [0.2, 0.25) is 0 Å². The number of fused-ring (bicyclic) bond motifs is 3. The Labute approximate surface area is 138 Å². The molecule has 120 valence electrons. The van der Waals surface area contributed by atoms with E-state index in [4.69, 9.17) is 0 Å². The van der Waals surface area contributed by atoms with Crippen molar-refractivity contribution in [1.82, 2.24) is 4.90 Å². The van der Waals surface area contributed by atoms with Gasteiger partial charge in [0.2, 0.25) is 0 Å². The van der Waals surface area contributed by atoms with Gasteiger partial charge in [-0.1, -0.05) is 43.3 Å². The number of aliphatic hydroxyl groups excluding tert-OH is 1. The first-order valence-corrected chi connectivity index (χ1v) is 8.63. The number of nitrogens with zero attached hydrogens (tertiary/aromatic N) is 2. The third-order valence-corrected chi connectivity index (χ3v) is 5.37. The molecule has 2 heterocycles. The third-order valence-electron chi connectivity index (χ3n) is 5.37. The monoisotopic (exact) mass is 308 g/mol. The molecule has 3 heteroatoms. The molecular weight excluding hydrogens is 284 g/mol. The molecule has 2 aromatic rings. The zero-order valence-electron chi connectivity index (χ0n) is 13.6. The number of likely N-dealkylation sites (tertiary alicyclic amines) is 1. The van der Waals surface area contributed by atoms with Crippen molar-refractivity contribution < 1.29 is 5.11 Å². The van der Waals surface area contributed by atoms with E-state index in [0.29, 0.717) is 12.0 Å². The van der Waals surface area contributed by atoms with Gasteiger partial charge in [0.25, 0.3) is 0 Å². The fourth-order valence-electron chi connectivity index (χ4n) is 4.41. The van der Waals surface area contributed by atoms with E-state index in [1.165, 1.54) is 16.9 Å². The van der Waals surface area contributed by atoms with Crippen LogP contribution >= 0.6 is 0 Å². The van der Waals surface area contributed by atoms with Gasteiger partial charge in [0.1, 0.15) is 0 Å². The second-order valence-electron chi connectivity index (χ2n) is 6.59. The van der Waals surface area contributed by atoms with E-state index in [-0.39, 0.29) is 12.6 Å². The van der Waals surface area contributed by atoms with Crippen molar-refractivity contribution in [1.29, 1.82) is 0 Å². The largest absolute Gasteiger partial charge is 0.395 e. The summed E-state index contributed by atoms with van der Waals surface area (Å²) >= 11 is 0. The van der Waals surface area contributed by atoms with Crippen LogP contribution in [0.25, 0.3) is 0 Å². The Morgan fingerprint density at radius 3 is 2.52 bits per heavy atom. The van der Waals surface area contributed by atoms with Crippen LogP contribution in [0.15, 0.2) is 54.6 Å². The van der Waals surface area contributed by atoms with Gasteiger partial charge in [-0.05, 0) is 36.7 Å². The van der Waals surface area contributed by atoms with Crippen molar-refractivity contribution in [3.05, 3.63) is 60.2 Å². The van der Waals surface area contributed by atoms with Gasteiger partial charge >= 0.3 is 0 Å². The molecule has 3 atom stereocenters. The van der Waals surface area contributed by atoms with Crippen LogP contribution in [0.3, 0.4) is 0 Å². The van der Waals surface area contributed by atoms with Gasteiger partial charge in [0.05, 0.1) is 6.61 Å². The normalized spacial score (nSPS) is 26.3. The van der Waals surface area contributed by atoms with Crippen molar-refractivity contribution in [3.63, 3.8) is 0 Å². The first-order valence-electron chi connectivity index (χ1n) is 8.63. The summed E-state index contributed by atoms with van der Waals surface area (Å²) in [7, 11) is 0. The number of rotatable bonds is 4. The van der Waals surface area contributed by atoms with E-state index in [9.17, 15) is 5.11 Å². The minimum absolute atomic E-state index is 0.251. The predicted molar refractivity (Wildman–Crippen MR) is 94.3 cm³/mol. The molecule has 0 aromatic heterocycles. The zero-order valence-corrected chi connectivity index (χ0v) is 13.6. The van der Waals surface area contributed by atoms with Gasteiger partial charge in [0.15, 0.2) is 0 Å². The van der Waals surface area contributed by atoms with E-state index in [1.54, 1.807) is 0 Å². The van der Waals surface area contributed by atoms with Crippen LogP contribution in [0.4, 0.5) is 11.4 Å². The molecule has 3 nitrogen and oxygen atoms in total. The number of anilines is 2. The highest BCUT2D eigenvalue weighted by molar-refractivity contribution is 5.70. The first-order chi connectivity index (χ1) is 11.3. The summed E-state index contributed by atoms with van der Waals surface area (Å²) in [5.41, 5.74) is 3.94. The lowest BCUT2D eigenvalue weighted by Gasteiger charge is -2.59. The lowest BCUT2D eigenvalue weighted by atomic mass is 9.72. The Morgan fingerprint density at radius 2 is 1.78 bits per heavy atom. The molecule has 1 N–H and O–H groups in total. The zero-order chi connectivity index (χ0) is 15.8. The predicted octanol–water partition coefficient (Wildman–Crippen LogP) is 3.38. The summed E-state index contributed by atoms with van der Waals surface area (Å²) in [5, 5.41) is 9.88. The van der Waals surface area contributed by atoms with Gasteiger partial charge in [-0.25, -0.2) is 0 Å². The molecule has 2 aromatic carbocycles. The van der Waals surface area contributed by atoms with Crippen LogP contribution in [-0.4, -0.2) is 41.8 Å². The van der Waals surface area contributed by atoms with Crippen LogP contribution in [0.1, 0.15) is 24.8 Å². The molecule has 0 spiro atoms. The maximum atomic E-state index is 9.88. The van der Waals surface area contributed by atoms with E-state index < -0.39 is 0 Å². The molecule has 0 amide bonds. The number of hydrogen-bond acceptors (Lipinski definition) is 3. The molecule has 1 saturated heterocycles. The number of benzene rings is 2. The second kappa shape index (κ2) is 5.99. The molecule has 2 aliphatic rings. The van der Waals surface area contributed by atoms with Crippen molar-refractivity contribution in [3.8, 4) is 0 Å². The first kappa shape index (κ1) is 14.7. The van der Waals surface area contributed by atoms with Crippen molar-refractivity contribution >= 4 is 11.4 Å². The SMILES string of the molecule is CCCN1[C@H](CO)[C@@H]2c3ccccc3N(c3ccccc3)C[C@@H]21. The Morgan fingerprint density at radius 1 is 1.04 bits per heavy atom. The minimum atomic E-state index is 0.251. The summed E-state index contributed by atoms with van der Waals surface area (Å²) in [6.07, 6.45) is 1.13. The fourth-order valence-corrected chi connectivity index (χ4v) is 4.41. The quantitative estimate of drug-likeness (QED) is 0.938. The van der Waals surface area contributed by atoms with E-state index in [1.807, 2.05) is 0 Å². The van der Waals surface area contributed by atoms with Crippen LogP contribution in [0, 0.1) is 0 Å². The molecule has 0 bridgehead atoms. The van der Waals surface area contributed by atoms with Gasteiger partial charge in [-0.3, -0.25) is 4.90 Å². The highest BCUT2D eigenvalue weighted by Crippen LogP contribution is 2.49. The molecule has 4 rings (SSSR count). The Balaban J connectivity index is 1.75. The van der Waals surface area contributed by atoms with Gasteiger partial charge in [0, 0.05) is 35.9 Å². The lowest BCUT2D eigenvalue weighted by molar-refractivity contribution is -0.0413. The third kappa shape index (κ3) is 2.27. The molecule has 23 heavy (non-hydrogen) atoms. The summed E-state index contributed by atoms with van der Waals surface area (Å²) in [6, 6.07) is 20.1. The lowest BCUT2D eigenvalue weighted by Crippen LogP contribution is -2.68. The summed E-state index contributed by atoms with van der Waals surface area (Å²) in [5.74, 6) is 0.461. The molecule has 0 saturated carbocycles. The highest BCUT2D eigenvalue weighted by atomic mass is 16.3. The van der Waals surface area contributed by atoms with Gasteiger partial charge in [-0.2, -0.15) is 0 Å². The van der Waals surface area contributed by atoms with Crippen molar-refractivity contribution in [2.45, 2.75) is 31.3 Å². The maximum absolute atomic E-state index is 9.88. The van der Waals surface area contributed by atoms with E-state index in [2.05, 4.69) is 71.3 Å². The number of aliphatic hydroxyl groups is 1. The fraction of sp³-hybridized carbons (Fsp3) is 0.400. The molecule has 1 fully saturated rings. The molecule has 0 radical (unpaired) electrons. The molecular formula is C20H24N2O. The Bertz CT molecular complexity index is 672. The van der Waals surface area contributed by atoms with Gasteiger partial charge < -0.3 is 10.0 Å². The minimum Gasteiger partial charge on any atom is -0.395 e. The van der Waals surface area contributed by atoms with Crippen LogP contribution in [-0.2, 0) is 0 Å². The number of hydrogen-bond donors (Lipinski definition) is 1.